The van der Waals surface area contributed by atoms with E-state index in [-0.39, 0.29) is 17.5 Å². The van der Waals surface area contributed by atoms with Crippen LogP contribution >= 0.6 is 11.6 Å². The molecule has 1 N–H and O–H groups in total. The highest BCUT2D eigenvalue weighted by molar-refractivity contribution is 7.92. The average molecular weight is 624 g/mol. The molecule has 2 amide bonds. The van der Waals surface area contributed by atoms with E-state index < -0.39 is 56.9 Å². The van der Waals surface area contributed by atoms with Crippen LogP contribution in [0.3, 0.4) is 0 Å². The Hall–Kier alpha value is -3.57. The van der Waals surface area contributed by atoms with Crippen LogP contribution in [-0.2, 0) is 32.3 Å². The molecular weight excluding hydrogens is 591 g/mol. The second kappa shape index (κ2) is 13.6. The van der Waals surface area contributed by atoms with Crippen molar-refractivity contribution < 1.29 is 31.2 Å². The molecule has 2 atom stereocenters. The van der Waals surface area contributed by atoms with E-state index in [9.17, 15) is 31.2 Å². The van der Waals surface area contributed by atoms with Crippen LogP contribution in [0.15, 0.2) is 77.7 Å². The number of aryl methyl sites for hydroxylation is 1. The van der Waals surface area contributed by atoms with Crippen LogP contribution in [0.25, 0.3) is 0 Å². The second-order valence-corrected chi connectivity index (χ2v) is 12.3. The normalized spacial score (nSPS) is 13.2. The summed E-state index contributed by atoms with van der Waals surface area (Å²) in [5, 5.41) is 2.21. The number of carbonyl (C=O) groups is 2. The van der Waals surface area contributed by atoms with Gasteiger partial charge in [0.1, 0.15) is 12.6 Å². The van der Waals surface area contributed by atoms with Crippen LogP contribution in [0.2, 0.25) is 5.02 Å². The van der Waals surface area contributed by atoms with Gasteiger partial charge in [-0.1, -0.05) is 66.6 Å². The molecule has 3 aromatic carbocycles. The number of benzene rings is 3. The molecule has 0 aromatic heterocycles. The van der Waals surface area contributed by atoms with Gasteiger partial charge in [0.05, 0.1) is 21.2 Å². The van der Waals surface area contributed by atoms with Gasteiger partial charge in [-0.15, -0.1) is 0 Å². The first-order valence-electron chi connectivity index (χ1n) is 13.2. The van der Waals surface area contributed by atoms with E-state index >= 15 is 0 Å². The van der Waals surface area contributed by atoms with Gasteiger partial charge >= 0.3 is 6.18 Å². The van der Waals surface area contributed by atoms with E-state index in [0.29, 0.717) is 22.4 Å². The number of nitrogens with zero attached hydrogens (tertiary/aromatic N) is 2. The maximum absolute atomic E-state index is 13.9. The predicted molar refractivity (Wildman–Crippen MR) is 157 cm³/mol. The van der Waals surface area contributed by atoms with Crippen molar-refractivity contribution in [3.05, 3.63) is 94.5 Å². The molecule has 0 aliphatic carbocycles. The van der Waals surface area contributed by atoms with Crippen molar-refractivity contribution in [2.24, 2.45) is 0 Å². The maximum Gasteiger partial charge on any atom is 0.417 e. The molecule has 7 nitrogen and oxygen atoms in total. The highest BCUT2D eigenvalue weighted by atomic mass is 35.5. The molecule has 0 saturated carbocycles. The fraction of sp³-hybridized carbons (Fsp3) is 0.333. The van der Waals surface area contributed by atoms with Gasteiger partial charge in [0.2, 0.25) is 11.8 Å². The first-order chi connectivity index (χ1) is 19.6. The van der Waals surface area contributed by atoms with Crippen molar-refractivity contribution in [3.63, 3.8) is 0 Å². The standard InChI is InChI=1S/C30H33ClF3N3O4S/c1-5-21(3)35-29(39)22(4)36(18-23-13-11-20(2)12-14-23)28(38)19-37(42(40,41)25-9-7-6-8-10-25)24-15-16-27(31)26(17-24)30(32,33)34/h6-17,21-22H,5,18-19H2,1-4H3,(H,35,39)/t21-,22-/m1/s1. The van der Waals surface area contributed by atoms with E-state index in [1.54, 1.807) is 18.2 Å². The van der Waals surface area contributed by atoms with Crippen molar-refractivity contribution in [2.75, 3.05) is 10.8 Å². The van der Waals surface area contributed by atoms with Crippen LogP contribution < -0.4 is 9.62 Å². The largest absolute Gasteiger partial charge is 0.417 e. The molecule has 0 aliphatic heterocycles. The SMILES string of the molecule is CC[C@@H](C)NC(=O)[C@@H](C)N(Cc1ccc(C)cc1)C(=O)CN(c1ccc(Cl)c(C(F)(F)F)c1)S(=O)(=O)c1ccccc1. The Balaban J connectivity index is 2.10. The minimum absolute atomic E-state index is 0.0398. The molecular formula is C30H33ClF3N3O4S. The smallest absolute Gasteiger partial charge is 0.352 e. The van der Waals surface area contributed by atoms with Crippen molar-refractivity contribution >= 4 is 39.1 Å². The molecule has 0 unspecified atom stereocenters. The number of hydrogen-bond donors (Lipinski definition) is 1. The van der Waals surface area contributed by atoms with Crippen LogP contribution in [0.5, 0.6) is 0 Å². The number of sulfonamides is 1. The molecule has 42 heavy (non-hydrogen) atoms. The van der Waals surface area contributed by atoms with Crippen LogP contribution in [0.4, 0.5) is 18.9 Å². The number of alkyl halides is 3. The van der Waals surface area contributed by atoms with E-state index in [1.807, 2.05) is 32.9 Å². The van der Waals surface area contributed by atoms with E-state index in [1.165, 1.54) is 36.1 Å². The lowest BCUT2D eigenvalue weighted by Gasteiger charge is -2.32. The van der Waals surface area contributed by atoms with Gasteiger partial charge in [0, 0.05) is 12.6 Å². The van der Waals surface area contributed by atoms with Crippen molar-refractivity contribution in [2.45, 2.75) is 63.8 Å². The summed E-state index contributed by atoms with van der Waals surface area (Å²) in [4.78, 5) is 28.0. The molecule has 12 heteroatoms. The van der Waals surface area contributed by atoms with Gasteiger partial charge in [-0.3, -0.25) is 13.9 Å². The average Bonchev–Trinajstić information content (AvgIpc) is 2.95. The van der Waals surface area contributed by atoms with Gasteiger partial charge in [-0.25, -0.2) is 8.42 Å². The summed E-state index contributed by atoms with van der Waals surface area (Å²) in [5.41, 5.74) is -0.000839. The van der Waals surface area contributed by atoms with Crippen molar-refractivity contribution in [1.82, 2.24) is 10.2 Å². The summed E-state index contributed by atoms with van der Waals surface area (Å²) in [6.07, 6.45) is -4.23. The Labute approximate surface area is 249 Å². The van der Waals surface area contributed by atoms with Crippen LogP contribution in [0.1, 0.15) is 43.9 Å². The molecule has 3 rings (SSSR count). The Bertz CT molecular complexity index is 1500. The Morgan fingerprint density at radius 1 is 0.976 bits per heavy atom. The maximum atomic E-state index is 13.9. The van der Waals surface area contributed by atoms with Gasteiger partial charge in [0.15, 0.2) is 0 Å². The lowest BCUT2D eigenvalue weighted by atomic mass is 10.1. The number of rotatable bonds is 11. The van der Waals surface area contributed by atoms with Crippen LogP contribution in [0, 0.1) is 6.92 Å². The zero-order valence-corrected chi connectivity index (χ0v) is 25.2. The highest BCUT2D eigenvalue weighted by Gasteiger charge is 2.37. The molecule has 0 aliphatic rings. The summed E-state index contributed by atoms with van der Waals surface area (Å²) in [6, 6.07) is 15.7. The van der Waals surface area contributed by atoms with Crippen molar-refractivity contribution in [3.8, 4) is 0 Å². The zero-order chi connectivity index (χ0) is 31.2. The van der Waals surface area contributed by atoms with E-state index in [2.05, 4.69) is 5.32 Å². The minimum Gasteiger partial charge on any atom is -0.352 e. The first-order valence-corrected chi connectivity index (χ1v) is 15.1. The Morgan fingerprint density at radius 2 is 1.60 bits per heavy atom. The van der Waals surface area contributed by atoms with Gasteiger partial charge in [-0.05, 0) is 63.1 Å². The summed E-state index contributed by atoms with van der Waals surface area (Å²) >= 11 is 5.80. The number of anilines is 1. The highest BCUT2D eigenvalue weighted by Crippen LogP contribution is 2.38. The fourth-order valence-corrected chi connectivity index (χ4v) is 5.72. The molecule has 0 spiro atoms. The predicted octanol–water partition coefficient (Wildman–Crippen LogP) is 6.19. The summed E-state index contributed by atoms with van der Waals surface area (Å²) in [6.45, 7) is 6.19. The third kappa shape index (κ3) is 8.04. The minimum atomic E-state index is -4.88. The molecule has 0 heterocycles. The second-order valence-electron chi connectivity index (χ2n) is 9.99. The van der Waals surface area contributed by atoms with Crippen LogP contribution in [-0.4, -0.2) is 43.8 Å². The summed E-state index contributed by atoms with van der Waals surface area (Å²) in [7, 11) is -4.53. The lowest BCUT2D eigenvalue weighted by molar-refractivity contribution is -0.139. The monoisotopic (exact) mass is 623 g/mol. The number of carbonyl (C=O) groups excluding carboxylic acids is 2. The van der Waals surface area contributed by atoms with Gasteiger partial charge in [-0.2, -0.15) is 13.2 Å². The first kappa shape index (κ1) is 32.9. The number of nitrogens with one attached hydrogen (secondary N) is 1. The Morgan fingerprint density at radius 3 is 2.17 bits per heavy atom. The Kier molecular flexibility index (Phi) is 10.7. The summed E-state index contributed by atoms with van der Waals surface area (Å²) in [5.74, 6) is -1.24. The number of halogens is 4. The van der Waals surface area contributed by atoms with E-state index in [4.69, 9.17) is 11.6 Å². The third-order valence-electron chi connectivity index (χ3n) is 6.80. The molecule has 3 aromatic rings. The molecule has 0 saturated heterocycles. The summed E-state index contributed by atoms with van der Waals surface area (Å²) < 4.78 is 69.4. The molecule has 0 radical (unpaired) electrons. The van der Waals surface area contributed by atoms with E-state index in [0.717, 1.165) is 17.7 Å². The molecule has 226 valence electrons. The topological polar surface area (TPSA) is 86.8 Å². The number of hydrogen-bond acceptors (Lipinski definition) is 4. The van der Waals surface area contributed by atoms with Crippen molar-refractivity contribution in [1.29, 1.82) is 0 Å². The third-order valence-corrected chi connectivity index (χ3v) is 8.91. The molecule has 0 fully saturated rings. The quantitative estimate of drug-likeness (QED) is 0.276. The fourth-order valence-electron chi connectivity index (χ4n) is 4.07. The van der Waals surface area contributed by atoms with Gasteiger partial charge in [0.25, 0.3) is 10.0 Å². The molecule has 0 bridgehead atoms. The van der Waals surface area contributed by atoms with Gasteiger partial charge < -0.3 is 10.2 Å². The lowest BCUT2D eigenvalue weighted by Crippen LogP contribution is -2.52. The zero-order valence-electron chi connectivity index (χ0n) is 23.7. The number of amides is 2.